The van der Waals surface area contributed by atoms with E-state index in [-0.39, 0.29) is 11.1 Å². The monoisotopic (exact) mass is 284 g/mol. The number of hydrogen-bond donors (Lipinski definition) is 1. The molecule has 2 aromatic rings. The lowest BCUT2D eigenvalue weighted by Gasteiger charge is -2.32. The zero-order valence-corrected chi connectivity index (χ0v) is 10.6. The summed E-state index contributed by atoms with van der Waals surface area (Å²) in [7, 11) is 0. The van der Waals surface area contributed by atoms with Gasteiger partial charge >= 0.3 is 6.18 Å². The standard InChI is InChI=1S/C15H12F4O/c1-10-5-2-3-8-13(10)14(20,15(17,18)19)11-6-4-7-12(16)9-11/h2-9,20H,1H3. The highest BCUT2D eigenvalue weighted by Gasteiger charge is 2.56. The highest BCUT2D eigenvalue weighted by molar-refractivity contribution is 5.42. The van der Waals surface area contributed by atoms with E-state index in [0.717, 1.165) is 18.2 Å². The molecule has 2 aromatic carbocycles. The van der Waals surface area contributed by atoms with Gasteiger partial charge in [-0.2, -0.15) is 13.2 Å². The molecule has 0 saturated heterocycles. The molecule has 0 saturated carbocycles. The van der Waals surface area contributed by atoms with E-state index in [9.17, 15) is 22.7 Å². The Morgan fingerprint density at radius 1 is 0.950 bits per heavy atom. The van der Waals surface area contributed by atoms with Gasteiger partial charge in [0.25, 0.3) is 0 Å². The van der Waals surface area contributed by atoms with Crippen molar-refractivity contribution in [3.05, 3.63) is 71.0 Å². The molecule has 106 valence electrons. The van der Waals surface area contributed by atoms with Crippen LogP contribution in [0.2, 0.25) is 0 Å². The summed E-state index contributed by atoms with van der Waals surface area (Å²) < 4.78 is 53.5. The molecule has 1 nitrogen and oxygen atoms in total. The van der Waals surface area contributed by atoms with Crippen molar-refractivity contribution < 1.29 is 22.7 Å². The Kier molecular flexibility index (Phi) is 3.56. The minimum atomic E-state index is -4.97. The fourth-order valence-corrected chi connectivity index (χ4v) is 2.16. The number of hydrogen-bond acceptors (Lipinski definition) is 1. The van der Waals surface area contributed by atoms with E-state index in [0.29, 0.717) is 6.07 Å². The van der Waals surface area contributed by atoms with Crippen LogP contribution in [0.25, 0.3) is 0 Å². The van der Waals surface area contributed by atoms with Crippen LogP contribution < -0.4 is 0 Å². The van der Waals surface area contributed by atoms with Gasteiger partial charge in [-0.3, -0.25) is 0 Å². The Bertz CT molecular complexity index is 621. The maximum atomic E-state index is 13.4. The number of benzene rings is 2. The predicted octanol–water partition coefficient (Wildman–Crippen LogP) is 3.93. The molecule has 0 amide bonds. The smallest absolute Gasteiger partial charge is 0.372 e. The summed E-state index contributed by atoms with van der Waals surface area (Å²) in [6.45, 7) is 1.46. The Morgan fingerprint density at radius 3 is 2.15 bits per heavy atom. The maximum absolute atomic E-state index is 13.4. The van der Waals surface area contributed by atoms with Crippen LogP contribution in [0.15, 0.2) is 48.5 Å². The summed E-state index contributed by atoms with van der Waals surface area (Å²) in [6.07, 6.45) is -4.97. The molecule has 0 aromatic heterocycles. The first-order valence-electron chi connectivity index (χ1n) is 5.88. The van der Waals surface area contributed by atoms with Gasteiger partial charge < -0.3 is 5.11 Å². The Balaban J connectivity index is 2.74. The van der Waals surface area contributed by atoms with Gasteiger partial charge in [0.15, 0.2) is 0 Å². The zero-order valence-electron chi connectivity index (χ0n) is 10.6. The summed E-state index contributed by atoms with van der Waals surface area (Å²) in [5, 5.41) is 10.3. The van der Waals surface area contributed by atoms with Gasteiger partial charge in [-0.15, -0.1) is 0 Å². The second kappa shape index (κ2) is 4.90. The van der Waals surface area contributed by atoms with Crippen LogP contribution in [0.1, 0.15) is 16.7 Å². The highest BCUT2D eigenvalue weighted by Crippen LogP contribution is 2.45. The molecule has 1 atom stereocenters. The highest BCUT2D eigenvalue weighted by atomic mass is 19.4. The molecule has 0 aliphatic rings. The van der Waals surface area contributed by atoms with E-state index >= 15 is 0 Å². The summed E-state index contributed by atoms with van der Waals surface area (Å²) in [6, 6.07) is 9.54. The molecule has 0 radical (unpaired) electrons. The van der Waals surface area contributed by atoms with Crippen LogP contribution in [0.4, 0.5) is 17.6 Å². The Labute approximate surface area is 113 Å². The molecule has 0 fully saturated rings. The zero-order chi connectivity index (χ0) is 15.0. The molecule has 0 aliphatic carbocycles. The third kappa shape index (κ3) is 2.29. The molecule has 2 rings (SSSR count). The summed E-state index contributed by atoms with van der Waals surface area (Å²) in [5.74, 6) is -0.834. The summed E-state index contributed by atoms with van der Waals surface area (Å²) in [4.78, 5) is 0. The molecule has 5 heteroatoms. The van der Waals surface area contributed by atoms with Crippen molar-refractivity contribution >= 4 is 0 Å². The average molecular weight is 284 g/mol. The van der Waals surface area contributed by atoms with Crippen molar-refractivity contribution in [2.45, 2.75) is 18.7 Å². The molecule has 0 heterocycles. The van der Waals surface area contributed by atoms with Crippen molar-refractivity contribution in [1.29, 1.82) is 0 Å². The third-order valence-electron chi connectivity index (χ3n) is 3.19. The minimum absolute atomic E-state index is 0.275. The lowest BCUT2D eigenvalue weighted by molar-refractivity contribution is -0.248. The molecule has 1 unspecified atom stereocenters. The molecule has 1 N–H and O–H groups in total. The first-order chi connectivity index (χ1) is 9.26. The van der Waals surface area contributed by atoms with Crippen LogP contribution >= 0.6 is 0 Å². The molecule has 20 heavy (non-hydrogen) atoms. The number of halogens is 4. The van der Waals surface area contributed by atoms with E-state index in [1.54, 1.807) is 6.07 Å². The van der Waals surface area contributed by atoms with E-state index in [1.165, 1.54) is 25.1 Å². The molecule has 0 aliphatic heterocycles. The SMILES string of the molecule is Cc1ccccc1C(O)(c1cccc(F)c1)C(F)(F)F. The number of aliphatic hydroxyl groups is 1. The first kappa shape index (κ1) is 14.5. The van der Waals surface area contributed by atoms with Crippen LogP contribution in [-0.2, 0) is 5.60 Å². The minimum Gasteiger partial charge on any atom is -0.372 e. The first-order valence-corrected chi connectivity index (χ1v) is 5.88. The Morgan fingerprint density at radius 2 is 1.60 bits per heavy atom. The molecule has 0 spiro atoms. The van der Waals surface area contributed by atoms with E-state index < -0.39 is 23.2 Å². The lowest BCUT2D eigenvalue weighted by Crippen LogP contribution is -2.44. The van der Waals surface area contributed by atoms with Gasteiger partial charge in [-0.05, 0) is 24.6 Å². The van der Waals surface area contributed by atoms with Gasteiger partial charge in [0, 0.05) is 11.1 Å². The number of alkyl halides is 3. The molecule has 0 bridgehead atoms. The number of aryl methyl sites for hydroxylation is 1. The van der Waals surface area contributed by atoms with Crippen molar-refractivity contribution in [3.8, 4) is 0 Å². The topological polar surface area (TPSA) is 20.2 Å². The van der Waals surface area contributed by atoms with Crippen LogP contribution in [0, 0.1) is 12.7 Å². The number of rotatable bonds is 2. The van der Waals surface area contributed by atoms with Crippen molar-refractivity contribution in [3.63, 3.8) is 0 Å². The fraction of sp³-hybridized carbons (Fsp3) is 0.200. The maximum Gasteiger partial charge on any atom is 0.425 e. The summed E-state index contributed by atoms with van der Waals surface area (Å²) in [5.41, 5.74) is -3.81. The van der Waals surface area contributed by atoms with Crippen LogP contribution in [0.3, 0.4) is 0 Å². The van der Waals surface area contributed by atoms with Gasteiger partial charge in [-0.1, -0.05) is 36.4 Å². The quantitative estimate of drug-likeness (QED) is 0.828. The van der Waals surface area contributed by atoms with E-state index in [1.807, 2.05) is 0 Å². The Hall–Kier alpha value is -1.88. The lowest BCUT2D eigenvalue weighted by atomic mass is 9.83. The normalized spacial score (nSPS) is 14.9. The second-order valence-electron chi connectivity index (χ2n) is 4.53. The predicted molar refractivity (Wildman–Crippen MR) is 66.6 cm³/mol. The van der Waals surface area contributed by atoms with Gasteiger partial charge in [0.2, 0.25) is 5.60 Å². The van der Waals surface area contributed by atoms with Crippen LogP contribution in [-0.4, -0.2) is 11.3 Å². The van der Waals surface area contributed by atoms with Gasteiger partial charge in [-0.25, -0.2) is 4.39 Å². The van der Waals surface area contributed by atoms with Crippen molar-refractivity contribution in [1.82, 2.24) is 0 Å². The van der Waals surface area contributed by atoms with E-state index in [4.69, 9.17) is 0 Å². The van der Waals surface area contributed by atoms with Crippen LogP contribution in [0.5, 0.6) is 0 Å². The third-order valence-corrected chi connectivity index (χ3v) is 3.19. The largest absolute Gasteiger partial charge is 0.425 e. The van der Waals surface area contributed by atoms with Crippen molar-refractivity contribution in [2.24, 2.45) is 0 Å². The van der Waals surface area contributed by atoms with Gasteiger partial charge in [0.1, 0.15) is 5.82 Å². The second-order valence-corrected chi connectivity index (χ2v) is 4.53. The fourth-order valence-electron chi connectivity index (χ4n) is 2.16. The molecular formula is C15H12F4O. The molecular weight excluding hydrogens is 272 g/mol. The van der Waals surface area contributed by atoms with E-state index in [2.05, 4.69) is 0 Å². The van der Waals surface area contributed by atoms with Crippen molar-refractivity contribution in [2.75, 3.05) is 0 Å². The average Bonchev–Trinajstić information content (AvgIpc) is 2.37. The van der Waals surface area contributed by atoms with Gasteiger partial charge in [0.05, 0.1) is 0 Å². The summed E-state index contributed by atoms with van der Waals surface area (Å²) >= 11 is 0.